The number of pyridine rings is 1. The molecule has 1 aliphatic rings. The largest absolute Gasteiger partial charge is 0.350 e. The molecule has 4 nitrogen and oxygen atoms in total. The van der Waals surface area contributed by atoms with Crippen LogP contribution in [0.2, 0.25) is 0 Å². The van der Waals surface area contributed by atoms with Crippen LogP contribution < -0.4 is 11.1 Å². The zero-order chi connectivity index (χ0) is 22.1. The molecular weight excluding hydrogens is 410 g/mol. The average Bonchev–Trinajstić information content (AvgIpc) is 3.43. The highest BCUT2D eigenvalue weighted by Gasteiger charge is 2.29. The molecule has 0 radical (unpaired) electrons. The molecule has 0 saturated heterocycles. The van der Waals surface area contributed by atoms with Gasteiger partial charge < -0.3 is 11.1 Å². The first kappa shape index (κ1) is 24.5. The van der Waals surface area contributed by atoms with Gasteiger partial charge in [0.25, 0.3) is 5.91 Å². The van der Waals surface area contributed by atoms with Crippen molar-refractivity contribution in [1.29, 1.82) is 0 Å². The van der Waals surface area contributed by atoms with Crippen LogP contribution in [0.25, 0.3) is 10.2 Å². The molecule has 3 N–H and O–H groups in total. The molecule has 0 fully saturated rings. The minimum atomic E-state index is -0.0519. The number of carbonyl (C=O) groups excluding carboxylic acids is 1. The fourth-order valence-electron chi connectivity index (χ4n) is 3.47. The summed E-state index contributed by atoms with van der Waals surface area (Å²) in [5, 5.41) is 7.99. The third-order valence-corrected chi connectivity index (χ3v) is 6.85. The fourth-order valence-corrected chi connectivity index (χ4v) is 4.88. The number of thiophene rings is 2. The molecule has 0 spiro atoms. The van der Waals surface area contributed by atoms with Crippen LogP contribution in [0.3, 0.4) is 0 Å². The molecule has 3 heterocycles. The van der Waals surface area contributed by atoms with E-state index >= 15 is 0 Å². The summed E-state index contributed by atoms with van der Waals surface area (Å²) in [6, 6.07) is 8.24. The Morgan fingerprint density at radius 3 is 2.50 bits per heavy atom. The summed E-state index contributed by atoms with van der Waals surface area (Å²) in [5.41, 5.74) is 8.34. The SMILES string of the molecule is CC.CC(C)(C)C1CCc2nc3sc(C(=O)NCCN)cc3cc2C1.c1ccsc1. The number of hydrogen-bond acceptors (Lipinski definition) is 5. The van der Waals surface area contributed by atoms with Gasteiger partial charge in [-0.15, -0.1) is 11.3 Å². The number of rotatable bonds is 3. The molecule has 0 bridgehead atoms. The lowest BCUT2D eigenvalue weighted by atomic mass is 9.71. The number of aromatic nitrogens is 1. The predicted molar refractivity (Wildman–Crippen MR) is 132 cm³/mol. The van der Waals surface area contributed by atoms with Crippen molar-refractivity contribution in [3.63, 3.8) is 0 Å². The summed E-state index contributed by atoms with van der Waals surface area (Å²) in [6.07, 6.45) is 3.33. The summed E-state index contributed by atoms with van der Waals surface area (Å²) in [4.78, 5) is 18.6. The Labute approximate surface area is 188 Å². The Hall–Kier alpha value is -1.76. The van der Waals surface area contributed by atoms with Crippen LogP contribution >= 0.6 is 22.7 Å². The maximum Gasteiger partial charge on any atom is 0.261 e. The highest BCUT2D eigenvalue weighted by atomic mass is 32.1. The van der Waals surface area contributed by atoms with Crippen molar-refractivity contribution in [3.05, 3.63) is 51.2 Å². The second kappa shape index (κ2) is 11.6. The van der Waals surface area contributed by atoms with Gasteiger partial charge in [-0.2, -0.15) is 11.3 Å². The molecular formula is C24H35N3OS2. The fraction of sp³-hybridized carbons (Fsp3) is 0.500. The average molecular weight is 446 g/mol. The lowest BCUT2D eigenvalue weighted by Gasteiger charge is -2.34. The van der Waals surface area contributed by atoms with Crippen LogP contribution in [0.5, 0.6) is 0 Å². The molecule has 6 heteroatoms. The van der Waals surface area contributed by atoms with Gasteiger partial charge in [-0.05, 0) is 59.1 Å². The van der Waals surface area contributed by atoms with Crippen LogP contribution in [0, 0.1) is 11.3 Å². The van der Waals surface area contributed by atoms with E-state index in [1.807, 2.05) is 42.8 Å². The molecule has 1 aliphatic carbocycles. The number of hydrogen-bond donors (Lipinski definition) is 2. The van der Waals surface area contributed by atoms with E-state index in [1.54, 1.807) is 11.3 Å². The number of nitrogens with zero attached hydrogens (tertiary/aromatic N) is 1. The number of amides is 1. The molecule has 0 aliphatic heterocycles. The number of fused-ring (bicyclic) bond motifs is 2. The van der Waals surface area contributed by atoms with E-state index in [2.05, 4.69) is 32.2 Å². The number of nitrogens with two attached hydrogens (primary N) is 1. The van der Waals surface area contributed by atoms with Gasteiger partial charge in [-0.3, -0.25) is 4.79 Å². The normalized spacial score (nSPS) is 15.3. The van der Waals surface area contributed by atoms with Gasteiger partial charge in [0.05, 0.1) is 4.88 Å². The molecule has 1 atom stereocenters. The molecule has 3 aromatic rings. The van der Waals surface area contributed by atoms with E-state index in [9.17, 15) is 4.79 Å². The molecule has 4 rings (SSSR count). The summed E-state index contributed by atoms with van der Waals surface area (Å²) >= 11 is 3.18. The first-order valence-electron chi connectivity index (χ1n) is 10.8. The summed E-state index contributed by atoms with van der Waals surface area (Å²) in [7, 11) is 0. The van der Waals surface area contributed by atoms with E-state index in [4.69, 9.17) is 10.7 Å². The minimum Gasteiger partial charge on any atom is -0.350 e. The highest BCUT2D eigenvalue weighted by molar-refractivity contribution is 7.20. The van der Waals surface area contributed by atoms with Gasteiger partial charge >= 0.3 is 0 Å². The van der Waals surface area contributed by atoms with Crippen molar-refractivity contribution < 1.29 is 4.79 Å². The monoisotopic (exact) mass is 445 g/mol. The van der Waals surface area contributed by atoms with Gasteiger partial charge in [-0.1, -0.05) is 46.8 Å². The minimum absolute atomic E-state index is 0.0519. The quantitative estimate of drug-likeness (QED) is 0.526. The summed E-state index contributed by atoms with van der Waals surface area (Å²) < 4.78 is 0. The molecule has 1 unspecified atom stereocenters. The van der Waals surface area contributed by atoms with Crippen molar-refractivity contribution >= 4 is 38.8 Å². The molecule has 30 heavy (non-hydrogen) atoms. The third-order valence-electron chi connectivity index (χ3n) is 5.18. The second-order valence-corrected chi connectivity index (χ2v) is 10.1. The van der Waals surface area contributed by atoms with Crippen molar-refractivity contribution in [2.75, 3.05) is 13.1 Å². The Bertz CT molecular complexity index is 893. The van der Waals surface area contributed by atoms with Crippen LogP contribution in [0.15, 0.2) is 35.0 Å². The lowest BCUT2D eigenvalue weighted by molar-refractivity contribution is 0.0959. The number of carbonyl (C=O) groups is 1. The summed E-state index contributed by atoms with van der Waals surface area (Å²) in [5.74, 6) is 0.643. The number of nitrogens with one attached hydrogen (secondary N) is 1. The zero-order valence-electron chi connectivity index (χ0n) is 18.8. The van der Waals surface area contributed by atoms with Crippen LogP contribution in [-0.2, 0) is 12.8 Å². The van der Waals surface area contributed by atoms with E-state index in [-0.39, 0.29) is 5.91 Å². The van der Waals surface area contributed by atoms with Crippen molar-refractivity contribution in [1.82, 2.24) is 10.3 Å². The Morgan fingerprint density at radius 2 is 1.93 bits per heavy atom. The Balaban J connectivity index is 0.000000393. The molecule has 0 aromatic carbocycles. The van der Waals surface area contributed by atoms with E-state index in [0.29, 0.717) is 24.4 Å². The zero-order valence-corrected chi connectivity index (χ0v) is 20.5. The van der Waals surface area contributed by atoms with Gasteiger partial charge in [0.1, 0.15) is 4.83 Å². The van der Waals surface area contributed by atoms with Crippen LogP contribution in [-0.4, -0.2) is 24.0 Å². The van der Waals surface area contributed by atoms with Crippen LogP contribution in [0.4, 0.5) is 0 Å². The van der Waals surface area contributed by atoms with E-state index in [1.165, 1.54) is 29.0 Å². The topological polar surface area (TPSA) is 68.0 Å². The smallest absolute Gasteiger partial charge is 0.261 e. The predicted octanol–water partition coefficient (Wildman–Crippen LogP) is 5.91. The van der Waals surface area contributed by atoms with Crippen molar-refractivity contribution in [2.24, 2.45) is 17.1 Å². The third kappa shape index (κ3) is 6.62. The number of aryl methyl sites for hydroxylation is 1. The molecule has 0 saturated carbocycles. The first-order valence-corrected chi connectivity index (χ1v) is 12.5. The van der Waals surface area contributed by atoms with E-state index in [0.717, 1.165) is 27.9 Å². The molecule has 164 valence electrons. The van der Waals surface area contributed by atoms with Gasteiger partial charge in [0, 0.05) is 24.2 Å². The standard InChI is InChI=1S/C18H25N3OS.C4H4S.C2H6/c1-18(2,3)13-4-5-14-11(9-13)8-12-10-15(23-17(12)21-14)16(22)20-7-6-19;1-2-4-5-3-1;1-2/h8,10,13H,4-7,9,19H2,1-3H3,(H,20,22);1-4H;1-2H3. The van der Waals surface area contributed by atoms with Crippen molar-refractivity contribution in [3.8, 4) is 0 Å². The van der Waals surface area contributed by atoms with Gasteiger partial charge in [0.2, 0.25) is 0 Å². The molecule has 3 aromatic heterocycles. The van der Waals surface area contributed by atoms with Gasteiger partial charge in [0.15, 0.2) is 0 Å². The van der Waals surface area contributed by atoms with Crippen LogP contribution in [0.1, 0.15) is 62.0 Å². The van der Waals surface area contributed by atoms with E-state index < -0.39 is 0 Å². The second-order valence-electron chi connectivity index (χ2n) is 8.24. The van der Waals surface area contributed by atoms with Gasteiger partial charge in [-0.25, -0.2) is 4.98 Å². The Morgan fingerprint density at radius 1 is 1.23 bits per heavy atom. The summed E-state index contributed by atoms with van der Waals surface area (Å²) in [6.45, 7) is 11.9. The molecule has 1 amide bonds. The Kier molecular flexibility index (Phi) is 9.46. The maximum absolute atomic E-state index is 12.1. The lowest BCUT2D eigenvalue weighted by Crippen LogP contribution is -2.28. The van der Waals surface area contributed by atoms with Crippen molar-refractivity contribution in [2.45, 2.75) is 53.9 Å². The maximum atomic E-state index is 12.1. The highest BCUT2D eigenvalue weighted by Crippen LogP contribution is 2.38. The first-order chi connectivity index (χ1) is 14.4.